The van der Waals surface area contributed by atoms with Crippen molar-refractivity contribution >= 4 is 17.7 Å². The van der Waals surface area contributed by atoms with Crippen molar-refractivity contribution < 1.29 is 9.53 Å². The average molecular weight is 305 g/mol. The van der Waals surface area contributed by atoms with Crippen LogP contribution in [-0.4, -0.2) is 43.5 Å². The molecule has 0 amide bonds. The first-order chi connectivity index (χ1) is 10.1. The molecular weight excluding hydrogens is 294 g/mol. The Morgan fingerprint density at radius 1 is 1.38 bits per heavy atom. The van der Waals surface area contributed by atoms with Crippen LogP contribution in [0.3, 0.4) is 0 Å². The van der Waals surface area contributed by atoms with Gasteiger partial charge in [0.05, 0.1) is 18.4 Å². The number of esters is 1. The first kappa shape index (κ1) is 14.9. The molecule has 0 aliphatic heterocycles. The lowest BCUT2D eigenvalue weighted by Gasteiger charge is -2.06. The zero-order valence-electron chi connectivity index (χ0n) is 11.6. The second-order valence-electron chi connectivity index (χ2n) is 4.00. The van der Waals surface area contributed by atoms with Crippen molar-refractivity contribution in [1.29, 1.82) is 5.26 Å². The monoisotopic (exact) mass is 305 g/mol. The van der Waals surface area contributed by atoms with Gasteiger partial charge in [0, 0.05) is 0 Å². The second kappa shape index (κ2) is 6.27. The number of nitriles is 1. The number of rotatable bonds is 4. The molecule has 0 fully saturated rings. The number of nitrogens with zero attached hydrogens (tertiary/aromatic N) is 7. The van der Waals surface area contributed by atoms with Gasteiger partial charge in [-0.15, -0.1) is 10.2 Å². The average Bonchev–Trinajstić information content (AvgIpc) is 2.90. The van der Waals surface area contributed by atoms with E-state index in [9.17, 15) is 10.1 Å². The third-order valence-electron chi connectivity index (χ3n) is 2.73. The Balaban J connectivity index is 2.32. The largest absolute Gasteiger partial charge is 0.468 e. The van der Waals surface area contributed by atoms with E-state index >= 15 is 0 Å². The summed E-state index contributed by atoms with van der Waals surface area (Å²) in [7, 11) is 1.28. The molecule has 0 atom stereocenters. The van der Waals surface area contributed by atoms with Crippen LogP contribution in [0.25, 0.3) is 0 Å². The van der Waals surface area contributed by atoms with Gasteiger partial charge in [-0.2, -0.15) is 10.4 Å². The Kier molecular flexibility index (Phi) is 4.44. The summed E-state index contributed by atoms with van der Waals surface area (Å²) in [5, 5.41) is 28.9. The highest BCUT2D eigenvalue weighted by molar-refractivity contribution is 7.99. The molecule has 0 aromatic carbocycles. The van der Waals surface area contributed by atoms with Crippen molar-refractivity contribution in [3.05, 3.63) is 16.8 Å². The van der Waals surface area contributed by atoms with Gasteiger partial charge < -0.3 is 4.74 Å². The van der Waals surface area contributed by atoms with Crippen LogP contribution < -0.4 is 0 Å². The zero-order valence-corrected chi connectivity index (χ0v) is 12.4. The number of hydrogen-bond acceptors (Lipinski definition) is 9. The summed E-state index contributed by atoms with van der Waals surface area (Å²) < 4.78 is 5.84. The van der Waals surface area contributed by atoms with Crippen molar-refractivity contribution in [1.82, 2.24) is 30.4 Å². The molecule has 0 radical (unpaired) electrons. The SMILES string of the molecule is COC(=O)Cn1nnnc1Sc1nnc(C)c(C)c1C#N. The van der Waals surface area contributed by atoms with Gasteiger partial charge in [-0.3, -0.25) is 4.79 Å². The fourth-order valence-corrected chi connectivity index (χ4v) is 2.27. The minimum atomic E-state index is -0.476. The third-order valence-corrected chi connectivity index (χ3v) is 3.68. The predicted octanol–water partition coefficient (Wildman–Crippen LogP) is 0.276. The summed E-state index contributed by atoms with van der Waals surface area (Å²) in [5.41, 5.74) is 1.85. The van der Waals surface area contributed by atoms with E-state index in [1.807, 2.05) is 0 Å². The molecule has 2 aromatic heterocycles. The van der Waals surface area contributed by atoms with Crippen LogP contribution in [0.5, 0.6) is 0 Å². The molecule has 0 saturated carbocycles. The standard InChI is InChI=1S/C11H11N7O2S/c1-6-7(2)13-14-10(8(6)4-12)21-11-15-16-17-18(11)5-9(19)20-3/h5H2,1-3H3. The molecule has 0 aliphatic rings. The molecule has 0 bridgehead atoms. The van der Waals surface area contributed by atoms with Crippen LogP contribution in [-0.2, 0) is 16.1 Å². The molecule has 2 aromatic rings. The smallest absolute Gasteiger partial charge is 0.327 e. The molecule has 21 heavy (non-hydrogen) atoms. The fourth-order valence-electron chi connectivity index (χ4n) is 1.43. The zero-order chi connectivity index (χ0) is 15.4. The molecule has 108 valence electrons. The van der Waals surface area contributed by atoms with Gasteiger partial charge in [0.15, 0.2) is 0 Å². The molecule has 0 aliphatic carbocycles. The van der Waals surface area contributed by atoms with Crippen molar-refractivity contribution in [2.45, 2.75) is 30.6 Å². The van der Waals surface area contributed by atoms with Crippen LogP contribution in [0.15, 0.2) is 10.2 Å². The lowest BCUT2D eigenvalue weighted by Crippen LogP contribution is -2.14. The fraction of sp³-hybridized carbons (Fsp3) is 0.364. The van der Waals surface area contributed by atoms with Gasteiger partial charge in [-0.25, -0.2) is 4.68 Å². The van der Waals surface area contributed by atoms with Crippen LogP contribution in [0.2, 0.25) is 0 Å². The van der Waals surface area contributed by atoms with Gasteiger partial charge in [-0.05, 0) is 41.6 Å². The Bertz CT molecular complexity index is 722. The lowest BCUT2D eigenvalue weighted by molar-refractivity contribution is -0.141. The molecule has 9 nitrogen and oxygen atoms in total. The predicted molar refractivity (Wildman–Crippen MR) is 70.2 cm³/mol. The van der Waals surface area contributed by atoms with E-state index in [-0.39, 0.29) is 6.54 Å². The summed E-state index contributed by atoms with van der Waals surface area (Å²) in [6, 6.07) is 2.10. The normalized spacial score (nSPS) is 10.2. The van der Waals surface area contributed by atoms with Crippen molar-refractivity contribution in [3.63, 3.8) is 0 Å². The van der Waals surface area contributed by atoms with Crippen LogP contribution in [0.4, 0.5) is 0 Å². The Morgan fingerprint density at radius 2 is 2.14 bits per heavy atom. The number of aromatic nitrogens is 6. The van der Waals surface area contributed by atoms with E-state index < -0.39 is 5.97 Å². The Labute approximate surface area is 124 Å². The summed E-state index contributed by atoms with van der Waals surface area (Å²) in [6.07, 6.45) is 0. The highest BCUT2D eigenvalue weighted by Gasteiger charge is 2.17. The number of aryl methyl sites for hydroxylation is 1. The van der Waals surface area contributed by atoms with Crippen molar-refractivity contribution in [3.8, 4) is 6.07 Å². The number of ether oxygens (including phenoxy) is 1. The van der Waals surface area contributed by atoms with Gasteiger partial charge in [0.25, 0.3) is 0 Å². The lowest BCUT2D eigenvalue weighted by atomic mass is 10.1. The molecule has 0 unspecified atom stereocenters. The molecule has 2 rings (SSSR count). The van der Waals surface area contributed by atoms with Gasteiger partial charge >= 0.3 is 5.97 Å². The number of hydrogen-bond donors (Lipinski definition) is 0. The Hall–Kier alpha value is -2.54. The topological polar surface area (TPSA) is 119 Å². The molecular formula is C11H11N7O2S. The maximum atomic E-state index is 11.3. The molecule has 0 saturated heterocycles. The number of methoxy groups -OCH3 is 1. The highest BCUT2D eigenvalue weighted by atomic mass is 32.2. The molecule has 2 heterocycles. The molecule has 10 heteroatoms. The summed E-state index contributed by atoms with van der Waals surface area (Å²) in [6.45, 7) is 3.45. The van der Waals surface area contributed by atoms with Crippen molar-refractivity contribution in [2.75, 3.05) is 7.11 Å². The quantitative estimate of drug-likeness (QED) is 0.733. The highest BCUT2D eigenvalue weighted by Crippen LogP contribution is 2.28. The number of carbonyl (C=O) groups is 1. The second-order valence-corrected chi connectivity index (χ2v) is 4.96. The summed E-state index contributed by atoms with van der Waals surface area (Å²) in [5.74, 6) is -0.476. The van der Waals surface area contributed by atoms with Crippen LogP contribution in [0, 0.1) is 25.2 Å². The summed E-state index contributed by atoms with van der Waals surface area (Å²) >= 11 is 1.07. The third kappa shape index (κ3) is 3.14. The minimum Gasteiger partial charge on any atom is -0.468 e. The van der Waals surface area contributed by atoms with E-state index in [1.165, 1.54) is 11.8 Å². The van der Waals surface area contributed by atoms with E-state index in [4.69, 9.17) is 0 Å². The maximum absolute atomic E-state index is 11.3. The maximum Gasteiger partial charge on any atom is 0.327 e. The van der Waals surface area contributed by atoms with E-state index in [2.05, 4.69) is 36.5 Å². The molecule has 0 N–H and O–H groups in total. The minimum absolute atomic E-state index is 0.119. The van der Waals surface area contributed by atoms with E-state index in [1.54, 1.807) is 13.8 Å². The summed E-state index contributed by atoms with van der Waals surface area (Å²) in [4.78, 5) is 11.3. The van der Waals surface area contributed by atoms with Gasteiger partial charge in [-0.1, -0.05) is 0 Å². The van der Waals surface area contributed by atoms with E-state index in [0.29, 0.717) is 21.4 Å². The number of tetrazole rings is 1. The number of carbonyl (C=O) groups excluding carboxylic acids is 1. The van der Waals surface area contributed by atoms with Gasteiger partial charge in [0.1, 0.15) is 17.6 Å². The molecule has 0 spiro atoms. The van der Waals surface area contributed by atoms with Gasteiger partial charge in [0.2, 0.25) is 5.16 Å². The van der Waals surface area contributed by atoms with Crippen LogP contribution in [0.1, 0.15) is 16.8 Å². The van der Waals surface area contributed by atoms with E-state index in [0.717, 1.165) is 17.3 Å². The first-order valence-electron chi connectivity index (χ1n) is 5.81. The van der Waals surface area contributed by atoms with Crippen molar-refractivity contribution in [2.24, 2.45) is 0 Å². The first-order valence-corrected chi connectivity index (χ1v) is 6.63. The van der Waals surface area contributed by atoms with Crippen LogP contribution >= 0.6 is 11.8 Å². The Morgan fingerprint density at radius 3 is 2.81 bits per heavy atom.